The fourth-order valence-electron chi connectivity index (χ4n) is 2.34. The van der Waals surface area contributed by atoms with E-state index in [1.54, 1.807) is 29.9 Å². The molecule has 25 heavy (non-hydrogen) atoms. The molecule has 6 nitrogen and oxygen atoms in total. The highest BCUT2D eigenvalue weighted by atomic mass is 32.2. The lowest BCUT2D eigenvalue weighted by atomic mass is 10.2. The van der Waals surface area contributed by atoms with Crippen LogP contribution in [0.25, 0.3) is 10.2 Å². The summed E-state index contributed by atoms with van der Waals surface area (Å²) in [5.41, 5.74) is 1.60. The summed E-state index contributed by atoms with van der Waals surface area (Å²) in [5, 5.41) is 12.6. The summed E-state index contributed by atoms with van der Waals surface area (Å²) in [7, 11) is 1.74. The van der Waals surface area contributed by atoms with E-state index in [2.05, 4.69) is 10.3 Å². The molecule has 1 amide bonds. The van der Waals surface area contributed by atoms with Crippen molar-refractivity contribution in [1.82, 2.24) is 14.9 Å². The van der Waals surface area contributed by atoms with Gasteiger partial charge in [-0.25, -0.2) is 4.98 Å². The molecule has 0 saturated carbocycles. The molecule has 3 rings (SSSR count). The number of aromatic hydroxyl groups is 1. The number of pyridine rings is 1. The Bertz CT molecular complexity index is 961. The van der Waals surface area contributed by atoms with Crippen LogP contribution in [0.15, 0.2) is 39.5 Å². The zero-order valence-corrected chi connectivity index (χ0v) is 15.4. The molecular formula is C17H17N3O3S2. The Morgan fingerprint density at radius 1 is 1.40 bits per heavy atom. The molecule has 1 aromatic carbocycles. The van der Waals surface area contributed by atoms with Crippen LogP contribution >= 0.6 is 23.1 Å². The molecule has 2 N–H and O–H groups in total. The van der Waals surface area contributed by atoms with E-state index in [9.17, 15) is 14.7 Å². The molecule has 0 aliphatic rings. The van der Waals surface area contributed by atoms with Crippen LogP contribution in [0, 0.1) is 6.92 Å². The number of hydrogen-bond acceptors (Lipinski definition) is 6. The normalized spacial score (nSPS) is 11.0. The quantitative estimate of drug-likeness (QED) is 0.669. The smallest absolute Gasteiger partial charge is 0.230 e. The molecule has 0 aliphatic carbocycles. The second-order valence-corrected chi connectivity index (χ2v) is 7.77. The Morgan fingerprint density at radius 2 is 2.16 bits per heavy atom. The van der Waals surface area contributed by atoms with E-state index in [0.717, 1.165) is 20.3 Å². The van der Waals surface area contributed by atoms with Crippen LogP contribution in [0.4, 0.5) is 0 Å². The van der Waals surface area contributed by atoms with Gasteiger partial charge in [0.15, 0.2) is 10.1 Å². The van der Waals surface area contributed by atoms with Gasteiger partial charge < -0.3 is 15.0 Å². The number of thiazole rings is 1. The minimum absolute atomic E-state index is 0.0957. The second kappa shape index (κ2) is 7.28. The topological polar surface area (TPSA) is 84.2 Å². The highest BCUT2D eigenvalue weighted by molar-refractivity contribution is 8.01. The van der Waals surface area contributed by atoms with E-state index in [4.69, 9.17) is 0 Å². The van der Waals surface area contributed by atoms with Gasteiger partial charge in [0.1, 0.15) is 0 Å². The predicted octanol–water partition coefficient (Wildman–Crippen LogP) is 2.42. The molecule has 0 atom stereocenters. The number of carbonyl (C=O) groups is 1. The average Bonchev–Trinajstić information content (AvgIpc) is 3.01. The van der Waals surface area contributed by atoms with Gasteiger partial charge in [0.25, 0.3) is 0 Å². The summed E-state index contributed by atoms with van der Waals surface area (Å²) in [4.78, 5) is 28.2. The number of amides is 1. The van der Waals surface area contributed by atoms with E-state index in [1.807, 2.05) is 24.3 Å². The molecule has 0 fully saturated rings. The van der Waals surface area contributed by atoms with Gasteiger partial charge in [0.05, 0.1) is 28.2 Å². The van der Waals surface area contributed by atoms with Gasteiger partial charge in [0, 0.05) is 18.8 Å². The average molecular weight is 375 g/mol. The number of benzene rings is 1. The summed E-state index contributed by atoms with van der Waals surface area (Å²) in [6.07, 6.45) is 0. The largest absolute Gasteiger partial charge is 0.503 e. The standard InChI is InChI=1S/C17H17N3O3S2/c1-10-7-13(21)16(23)12(20(10)2)8-18-15(22)9-24-17-19-11-5-3-4-6-14(11)25-17/h3-7,23H,8-9H2,1-2H3,(H,18,22). The van der Waals surface area contributed by atoms with Gasteiger partial charge in [-0.1, -0.05) is 23.9 Å². The fourth-order valence-corrected chi connectivity index (χ4v) is 4.24. The van der Waals surface area contributed by atoms with E-state index in [1.165, 1.54) is 17.8 Å². The predicted molar refractivity (Wildman–Crippen MR) is 100 cm³/mol. The Labute approximate surface area is 152 Å². The third-order valence-corrected chi connectivity index (χ3v) is 6.01. The molecule has 0 unspecified atom stereocenters. The van der Waals surface area contributed by atoms with Crippen LogP contribution in [0.5, 0.6) is 5.75 Å². The summed E-state index contributed by atoms with van der Waals surface area (Å²) in [5.74, 6) is -0.287. The van der Waals surface area contributed by atoms with Crippen LogP contribution in [-0.2, 0) is 18.4 Å². The fraction of sp³-hybridized carbons (Fsp3) is 0.235. The van der Waals surface area contributed by atoms with Gasteiger partial charge in [-0.15, -0.1) is 11.3 Å². The Kier molecular flexibility index (Phi) is 5.10. The Balaban J connectivity index is 1.61. The van der Waals surface area contributed by atoms with Crippen molar-refractivity contribution in [3.05, 3.63) is 51.9 Å². The number of aromatic nitrogens is 2. The van der Waals surface area contributed by atoms with Crippen molar-refractivity contribution in [2.24, 2.45) is 7.05 Å². The minimum Gasteiger partial charge on any atom is -0.503 e. The molecule has 0 saturated heterocycles. The number of fused-ring (bicyclic) bond motifs is 1. The molecule has 3 aromatic rings. The summed E-state index contributed by atoms with van der Waals surface area (Å²) >= 11 is 2.92. The number of thioether (sulfide) groups is 1. The number of para-hydroxylation sites is 1. The van der Waals surface area contributed by atoms with Crippen LogP contribution in [0.3, 0.4) is 0 Å². The molecule has 2 aromatic heterocycles. The SMILES string of the molecule is Cc1cc(=O)c(O)c(CNC(=O)CSc2nc3ccccc3s2)n1C. The summed E-state index contributed by atoms with van der Waals surface area (Å²) < 4.78 is 3.62. The van der Waals surface area contributed by atoms with Crippen molar-refractivity contribution in [3.63, 3.8) is 0 Å². The summed E-state index contributed by atoms with van der Waals surface area (Å²) in [6, 6.07) is 9.20. The van der Waals surface area contributed by atoms with Crippen molar-refractivity contribution in [1.29, 1.82) is 0 Å². The molecule has 8 heteroatoms. The van der Waals surface area contributed by atoms with Crippen molar-refractivity contribution in [3.8, 4) is 5.75 Å². The number of carbonyl (C=O) groups excluding carboxylic acids is 1. The van der Waals surface area contributed by atoms with Crippen molar-refractivity contribution < 1.29 is 9.90 Å². The van der Waals surface area contributed by atoms with E-state index < -0.39 is 5.43 Å². The number of nitrogens with one attached hydrogen (secondary N) is 1. The van der Waals surface area contributed by atoms with E-state index in [-0.39, 0.29) is 24.0 Å². The Morgan fingerprint density at radius 3 is 2.92 bits per heavy atom. The van der Waals surface area contributed by atoms with Gasteiger partial charge in [-0.05, 0) is 19.1 Å². The van der Waals surface area contributed by atoms with E-state index in [0.29, 0.717) is 5.69 Å². The third-order valence-electron chi connectivity index (χ3n) is 3.83. The van der Waals surface area contributed by atoms with Crippen LogP contribution in [0.2, 0.25) is 0 Å². The van der Waals surface area contributed by atoms with Crippen LogP contribution < -0.4 is 10.7 Å². The van der Waals surface area contributed by atoms with Gasteiger partial charge >= 0.3 is 0 Å². The second-order valence-electron chi connectivity index (χ2n) is 5.52. The molecule has 0 spiro atoms. The zero-order chi connectivity index (χ0) is 18.0. The van der Waals surface area contributed by atoms with Gasteiger partial charge in [0.2, 0.25) is 11.3 Å². The first kappa shape index (κ1) is 17.5. The first-order chi connectivity index (χ1) is 12.0. The summed E-state index contributed by atoms with van der Waals surface area (Å²) in [6.45, 7) is 1.87. The molecule has 0 radical (unpaired) electrons. The van der Waals surface area contributed by atoms with Crippen molar-refractivity contribution in [2.75, 3.05) is 5.75 Å². The van der Waals surface area contributed by atoms with Gasteiger partial charge in [-0.3, -0.25) is 9.59 Å². The maximum atomic E-state index is 12.1. The number of nitrogens with zero attached hydrogens (tertiary/aromatic N) is 2. The number of rotatable bonds is 5. The highest BCUT2D eigenvalue weighted by Crippen LogP contribution is 2.29. The van der Waals surface area contributed by atoms with Gasteiger partial charge in [-0.2, -0.15) is 0 Å². The monoisotopic (exact) mass is 375 g/mol. The van der Waals surface area contributed by atoms with Crippen LogP contribution in [-0.4, -0.2) is 26.3 Å². The third kappa shape index (κ3) is 3.85. The molecule has 0 aliphatic heterocycles. The molecule has 130 valence electrons. The highest BCUT2D eigenvalue weighted by Gasteiger charge is 2.13. The maximum absolute atomic E-state index is 12.1. The maximum Gasteiger partial charge on any atom is 0.230 e. The van der Waals surface area contributed by atoms with Crippen LogP contribution in [0.1, 0.15) is 11.4 Å². The lowest BCUT2D eigenvalue weighted by molar-refractivity contribution is -0.118. The lowest BCUT2D eigenvalue weighted by Crippen LogP contribution is -2.27. The first-order valence-electron chi connectivity index (χ1n) is 7.59. The lowest BCUT2D eigenvalue weighted by Gasteiger charge is -2.14. The van der Waals surface area contributed by atoms with Crippen molar-refractivity contribution >= 4 is 39.2 Å². The molecular weight excluding hydrogens is 358 g/mol. The zero-order valence-electron chi connectivity index (χ0n) is 13.8. The Hall–Kier alpha value is -2.32. The first-order valence-corrected chi connectivity index (χ1v) is 9.39. The molecule has 0 bridgehead atoms. The van der Waals surface area contributed by atoms with Crippen molar-refractivity contribution in [2.45, 2.75) is 17.8 Å². The number of hydrogen-bond donors (Lipinski definition) is 2. The number of aryl methyl sites for hydroxylation is 1. The molecule has 2 heterocycles. The van der Waals surface area contributed by atoms with E-state index >= 15 is 0 Å². The minimum atomic E-state index is -0.441.